The van der Waals surface area contributed by atoms with Gasteiger partial charge in [0.05, 0.1) is 5.56 Å². The molecule has 0 aromatic carbocycles. The highest BCUT2D eigenvalue weighted by Gasteiger charge is 2.11. The van der Waals surface area contributed by atoms with E-state index in [4.69, 9.17) is 16.9 Å². The molecule has 0 unspecified atom stereocenters. The average Bonchev–Trinajstić information content (AvgIpc) is 2.46. The summed E-state index contributed by atoms with van der Waals surface area (Å²) in [6, 6.07) is 9.50. The van der Waals surface area contributed by atoms with Gasteiger partial charge in [-0.05, 0) is 18.2 Å². The summed E-state index contributed by atoms with van der Waals surface area (Å²) in [5.41, 5.74) is 1.46. The Morgan fingerprint density at radius 2 is 2.11 bits per heavy atom. The van der Waals surface area contributed by atoms with Gasteiger partial charge in [0, 0.05) is 38.1 Å². The molecule has 0 bridgehead atoms. The van der Waals surface area contributed by atoms with E-state index in [0.717, 1.165) is 18.7 Å². The Morgan fingerprint density at radius 3 is 2.79 bits per heavy atom. The first-order valence-electron chi connectivity index (χ1n) is 5.88. The quantitative estimate of drug-likeness (QED) is 0.859. The molecule has 0 aliphatic heterocycles. The van der Waals surface area contributed by atoms with Crippen molar-refractivity contribution >= 4 is 17.4 Å². The molecule has 0 saturated heterocycles. The fourth-order valence-corrected chi connectivity index (χ4v) is 2.02. The van der Waals surface area contributed by atoms with E-state index in [0.29, 0.717) is 16.4 Å². The zero-order chi connectivity index (χ0) is 13.7. The van der Waals surface area contributed by atoms with Gasteiger partial charge in [0.1, 0.15) is 16.9 Å². The number of aromatic nitrogens is 2. The third kappa shape index (κ3) is 3.21. The second kappa shape index (κ2) is 6.17. The molecule has 0 spiro atoms. The lowest BCUT2D eigenvalue weighted by Gasteiger charge is -2.19. The third-order valence-electron chi connectivity index (χ3n) is 2.78. The second-order valence-electron chi connectivity index (χ2n) is 4.10. The maximum Gasteiger partial charge on any atom is 0.148 e. The number of nitriles is 1. The summed E-state index contributed by atoms with van der Waals surface area (Å²) in [7, 11) is 1.90. The second-order valence-corrected chi connectivity index (χ2v) is 4.48. The van der Waals surface area contributed by atoms with Crippen molar-refractivity contribution in [3.05, 3.63) is 52.9 Å². The Balaban J connectivity index is 2.09. The molecule has 4 nitrogen and oxygen atoms in total. The summed E-state index contributed by atoms with van der Waals surface area (Å²) in [5, 5.41) is 9.34. The van der Waals surface area contributed by atoms with Crippen LogP contribution in [0.15, 0.2) is 36.7 Å². The molecule has 2 rings (SSSR count). The molecule has 0 N–H and O–H groups in total. The van der Waals surface area contributed by atoms with Gasteiger partial charge in [-0.1, -0.05) is 17.7 Å². The van der Waals surface area contributed by atoms with Crippen molar-refractivity contribution in [1.82, 2.24) is 9.97 Å². The minimum Gasteiger partial charge on any atom is -0.358 e. The van der Waals surface area contributed by atoms with Crippen LogP contribution in [0.25, 0.3) is 0 Å². The molecular formula is C14H13ClN4. The van der Waals surface area contributed by atoms with E-state index in [1.165, 1.54) is 0 Å². The first kappa shape index (κ1) is 13.3. The van der Waals surface area contributed by atoms with Gasteiger partial charge in [-0.3, -0.25) is 4.98 Å². The van der Waals surface area contributed by atoms with E-state index in [1.54, 1.807) is 18.5 Å². The van der Waals surface area contributed by atoms with Gasteiger partial charge < -0.3 is 4.90 Å². The minimum atomic E-state index is 0.397. The van der Waals surface area contributed by atoms with Crippen molar-refractivity contribution < 1.29 is 0 Å². The summed E-state index contributed by atoms with van der Waals surface area (Å²) in [6.45, 7) is 0.735. The molecule has 5 heteroatoms. The van der Waals surface area contributed by atoms with Crippen molar-refractivity contribution in [1.29, 1.82) is 5.26 Å². The number of nitrogens with zero attached hydrogens (tertiary/aromatic N) is 4. The van der Waals surface area contributed by atoms with Crippen molar-refractivity contribution in [2.75, 3.05) is 18.5 Å². The topological polar surface area (TPSA) is 52.8 Å². The van der Waals surface area contributed by atoms with Crippen LogP contribution in [-0.4, -0.2) is 23.6 Å². The number of anilines is 1. The van der Waals surface area contributed by atoms with Gasteiger partial charge in [-0.15, -0.1) is 0 Å². The van der Waals surface area contributed by atoms with Crippen molar-refractivity contribution in [3.63, 3.8) is 0 Å². The van der Waals surface area contributed by atoms with E-state index in [1.807, 2.05) is 30.1 Å². The van der Waals surface area contributed by atoms with Crippen LogP contribution in [0.4, 0.5) is 5.82 Å². The van der Waals surface area contributed by atoms with Crippen LogP contribution in [-0.2, 0) is 6.42 Å². The molecule has 0 aliphatic carbocycles. The van der Waals surface area contributed by atoms with Gasteiger partial charge >= 0.3 is 0 Å². The van der Waals surface area contributed by atoms with Gasteiger partial charge in [0.2, 0.25) is 0 Å². The molecule has 2 heterocycles. The molecule has 0 aliphatic rings. The normalized spacial score (nSPS) is 9.95. The monoisotopic (exact) mass is 272 g/mol. The summed E-state index contributed by atoms with van der Waals surface area (Å²) in [5.74, 6) is 0.622. The van der Waals surface area contributed by atoms with Crippen molar-refractivity contribution in [3.8, 4) is 6.07 Å². The zero-order valence-corrected chi connectivity index (χ0v) is 11.3. The Hall–Kier alpha value is -2.12. The van der Waals surface area contributed by atoms with Gasteiger partial charge in [-0.2, -0.15) is 5.26 Å². The first-order valence-corrected chi connectivity index (χ1v) is 6.26. The van der Waals surface area contributed by atoms with Crippen molar-refractivity contribution in [2.24, 2.45) is 0 Å². The van der Waals surface area contributed by atoms with Crippen LogP contribution in [0, 0.1) is 11.3 Å². The summed E-state index contributed by atoms with van der Waals surface area (Å²) in [6.07, 6.45) is 4.17. The lowest BCUT2D eigenvalue weighted by atomic mass is 10.2. The van der Waals surface area contributed by atoms with E-state index < -0.39 is 0 Å². The fraction of sp³-hybridized carbons (Fsp3) is 0.214. The Bertz CT molecular complexity index is 592. The highest BCUT2D eigenvalue weighted by atomic mass is 35.5. The number of pyridine rings is 2. The van der Waals surface area contributed by atoms with E-state index in [9.17, 15) is 0 Å². The largest absolute Gasteiger partial charge is 0.358 e. The lowest BCUT2D eigenvalue weighted by molar-refractivity contribution is 0.839. The Labute approximate surface area is 117 Å². The predicted octanol–water partition coefficient (Wildman–Crippen LogP) is 2.68. The maximum atomic E-state index is 8.94. The Morgan fingerprint density at radius 1 is 1.26 bits per heavy atom. The molecule has 0 saturated carbocycles. The number of hydrogen-bond acceptors (Lipinski definition) is 4. The predicted molar refractivity (Wildman–Crippen MR) is 75.2 cm³/mol. The minimum absolute atomic E-state index is 0.397. The first-order chi connectivity index (χ1) is 9.22. The highest BCUT2D eigenvalue weighted by Crippen LogP contribution is 2.25. The lowest BCUT2D eigenvalue weighted by Crippen LogP contribution is -2.22. The zero-order valence-electron chi connectivity index (χ0n) is 10.5. The molecule has 0 atom stereocenters. The third-order valence-corrected chi connectivity index (χ3v) is 3.15. The van der Waals surface area contributed by atoms with Crippen LogP contribution in [0.2, 0.25) is 5.02 Å². The summed E-state index contributed by atoms with van der Waals surface area (Å²) in [4.78, 5) is 10.4. The molecular weight excluding hydrogens is 260 g/mol. The number of likely N-dealkylation sites (N-methyl/N-ethyl adjacent to an activating group) is 1. The molecule has 2 aromatic heterocycles. The van der Waals surface area contributed by atoms with E-state index in [-0.39, 0.29) is 0 Å². The molecule has 96 valence electrons. The van der Waals surface area contributed by atoms with E-state index in [2.05, 4.69) is 16.0 Å². The van der Waals surface area contributed by atoms with Gasteiger partial charge in [0.15, 0.2) is 0 Å². The van der Waals surface area contributed by atoms with Crippen LogP contribution >= 0.6 is 11.6 Å². The molecule has 19 heavy (non-hydrogen) atoms. The van der Waals surface area contributed by atoms with Crippen LogP contribution in [0.1, 0.15) is 11.3 Å². The average molecular weight is 273 g/mol. The number of halogens is 1. The SMILES string of the molecule is CN(CCc1ccccn1)c1nccc(C#N)c1Cl. The summed E-state index contributed by atoms with van der Waals surface area (Å²) < 4.78 is 0. The molecule has 0 fully saturated rings. The number of hydrogen-bond donors (Lipinski definition) is 0. The van der Waals surface area contributed by atoms with Gasteiger partial charge in [0.25, 0.3) is 0 Å². The standard InChI is InChI=1S/C14H13ClN4/c1-19(9-6-12-4-2-3-7-17-12)14-13(15)11(10-16)5-8-18-14/h2-5,7-8H,6,9H2,1H3. The summed E-state index contributed by atoms with van der Waals surface area (Å²) >= 11 is 6.14. The maximum absolute atomic E-state index is 8.94. The van der Waals surface area contributed by atoms with Crippen LogP contribution < -0.4 is 4.90 Å². The van der Waals surface area contributed by atoms with Crippen molar-refractivity contribution in [2.45, 2.75) is 6.42 Å². The molecule has 0 amide bonds. The van der Waals surface area contributed by atoms with E-state index >= 15 is 0 Å². The Kier molecular flexibility index (Phi) is 4.32. The number of rotatable bonds is 4. The fourth-order valence-electron chi connectivity index (χ4n) is 1.72. The molecule has 2 aromatic rings. The van der Waals surface area contributed by atoms with Crippen LogP contribution in [0.3, 0.4) is 0 Å². The van der Waals surface area contributed by atoms with Gasteiger partial charge in [-0.25, -0.2) is 4.98 Å². The van der Waals surface area contributed by atoms with Crippen LogP contribution in [0.5, 0.6) is 0 Å². The highest BCUT2D eigenvalue weighted by molar-refractivity contribution is 6.34. The smallest absolute Gasteiger partial charge is 0.148 e. The molecule has 0 radical (unpaired) electrons.